The van der Waals surface area contributed by atoms with E-state index in [0.29, 0.717) is 11.3 Å². The summed E-state index contributed by atoms with van der Waals surface area (Å²) in [5.41, 5.74) is 9.74. The SMILES string of the molecule is CC(C)c1[nH]n(-c2ccccc2)c(=O)c1-c1ccc(N)cc1. The number of nitrogens with two attached hydrogens (primary N) is 1. The zero-order valence-electron chi connectivity index (χ0n) is 12.7. The van der Waals surface area contributed by atoms with E-state index in [1.54, 1.807) is 4.68 Å². The Bertz CT molecular complexity index is 827. The molecule has 0 saturated carbocycles. The Morgan fingerprint density at radius 2 is 1.64 bits per heavy atom. The smallest absolute Gasteiger partial charge is 0.279 e. The minimum Gasteiger partial charge on any atom is -0.399 e. The van der Waals surface area contributed by atoms with Crippen molar-refractivity contribution in [2.24, 2.45) is 0 Å². The van der Waals surface area contributed by atoms with Gasteiger partial charge in [-0.25, -0.2) is 4.68 Å². The quantitative estimate of drug-likeness (QED) is 0.725. The van der Waals surface area contributed by atoms with E-state index in [1.807, 2.05) is 54.6 Å². The van der Waals surface area contributed by atoms with E-state index in [1.165, 1.54) is 0 Å². The summed E-state index contributed by atoms with van der Waals surface area (Å²) in [5, 5.41) is 3.25. The van der Waals surface area contributed by atoms with Crippen LogP contribution in [0.3, 0.4) is 0 Å². The number of nitrogen functional groups attached to an aromatic ring is 1. The minimum atomic E-state index is -0.0420. The Morgan fingerprint density at radius 3 is 2.23 bits per heavy atom. The van der Waals surface area contributed by atoms with E-state index < -0.39 is 0 Å². The highest BCUT2D eigenvalue weighted by Crippen LogP contribution is 2.26. The molecule has 3 N–H and O–H groups in total. The summed E-state index contributed by atoms with van der Waals surface area (Å²) >= 11 is 0. The minimum absolute atomic E-state index is 0.0420. The second kappa shape index (κ2) is 5.56. The first-order valence-corrected chi connectivity index (χ1v) is 7.34. The molecule has 0 saturated heterocycles. The molecular formula is C18H19N3O. The van der Waals surface area contributed by atoms with E-state index in [0.717, 1.165) is 16.9 Å². The van der Waals surface area contributed by atoms with Crippen LogP contribution in [0.2, 0.25) is 0 Å². The molecule has 0 aliphatic rings. The van der Waals surface area contributed by atoms with Crippen LogP contribution in [-0.2, 0) is 0 Å². The zero-order valence-corrected chi connectivity index (χ0v) is 12.7. The maximum Gasteiger partial charge on any atom is 0.279 e. The largest absolute Gasteiger partial charge is 0.399 e. The Balaban J connectivity index is 2.23. The number of anilines is 1. The Hall–Kier alpha value is -2.75. The maximum absolute atomic E-state index is 12.9. The third-order valence-corrected chi connectivity index (χ3v) is 3.71. The van der Waals surface area contributed by atoms with Gasteiger partial charge in [0.2, 0.25) is 0 Å². The highest BCUT2D eigenvalue weighted by molar-refractivity contribution is 5.68. The van der Waals surface area contributed by atoms with E-state index in [-0.39, 0.29) is 11.5 Å². The van der Waals surface area contributed by atoms with Gasteiger partial charge >= 0.3 is 0 Å². The average molecular weight is 293 g/mol. The van der Waals surface area contributed by atoms with Crippen molar-refractivity contribution in [2.45, 2.75) is 19.8 Å². The molecule has 0 aliphatic carbocycles. The van der Waals surface area contributed by atoms with E-state index in [2.05, 4.69) is 18.9 Å². The van der Waals surface area contributed by atoms with Crippen LogP contribution in [0.25, 0.3) is 16.8 Å². The van der Waals surface area contributed by atoms with Gasteiger partial charge in [-0.05, 0) is 35.7 Å². The third kappa shape index (κ3) is 2.44. The van der Waals surface area contributed by atoms with Crippen LogP contribution in [0.4, 0.5) is 5.69 Å². The topological polar surface area (TPSA) is 63.8 Å². The normalized spacial score (nSPS) is 11.0. The van der Waals surface area contributed by atoms with E-state index in [4.69, 9.17) is 5.73 Å². The summed E-state index contributed by atoms with van der Waals surface area (Å²) in [6.07, 6.45) is 0. The van der Waals surface area contributed by atoms with Crippen molar-refractivity contribution in [1.82, 2.24) is 9.78 Å². The van der Waals surface area contributed by atoms with Gasteiger partial charge in [0.25, 0.3) is 5.56 Å². The van der Waals surface area contributed by atoms with Crippen LogP contribution in [-0.4, -0.2) is 9.78 Å². The Morgan fingerprint density at radius 1 is 1.00 bits per heavy atom. The molecule has 0 fully saturated rings. The zero-order chi connectivity index (χ0) is 15.7. The summed E-state index contributed by atoms with van der Waals surface area (Å²) < 4.78 is 1.60. The molecule has 0 radical (unpaired) electrons. The van der Waals surface area contributed by atoms with Gasteiger partial charge in [0, 0.05) is 11.4 Å². The molecule has 112 valence electrons. The fraction of sp³-hybridized carbons (Fsp3) is 0.167. The summed E-state index contributed by atoms with van der Waals surface area (Å²) in [6.45, 7) is 4.14. The van der Waals surface area contributed by atoms with Crippen LogP contribution in [0.15, 0.2) is 59.4 Å². The van der Waals surface area contributed by atoms with Gasteiger partial charge in [0.15, 0.2) is 0 Å². The predicted molar refractivity (Wildman–Crippen MR) is 90.3 cm³/mol. The fourth-order valence-electron chi connectivity index (χ4n) is 2.56. The number of nitrogens with one attached hydrogen (secondary N) is 1. The van der Waals surface area contributed by atoms with Crippen LogP contribution in [0.1, 0.15) is 25.5 Å². The molecule has 4 heteroatoms. The molecule has 1 aromatic heterocycles. The molecule has 0 bridgehead atoms. The average Bonchev–Trinajstić information content (AvgIpc) is 2.87. The van der Waals surface area contributed by atoms with Crippen LogP contribution in [0.5, 0.6) is 0 Å². The molecule has 0 spiro atoms. The second-order valence-corrected chi connectivity index (χ2v) is 5.65. The highest BCUT2D eigenvalue weighted by Gasteiger charge is 2.18. The summed E-state index contributed by atoms with van der Waals surface area (Å²) in [5.74, 6) is 0.213. The number of para-hydroxylation sites is 1. The van der Waals surface area contributed by atoms with Crippen LogP contribution >= 0.6 is 0 Å². The number of rotatable bonds is 3. The van der Waals surface area contributed by atoms with Gasteiger partial charge in [-0.1, -0.05) is 44.2 Å². The number of aromatic amines is 1. The molecule has 1 heterocycles. The fourth-order valence-corrected chi connectivity index (χ4v) is 2.56. The lowest BCUT2D eigenvalue weighted by Crippen LogP contribution is -2.15. The highest BCUT2D eigenvalue weighted by atomic mass is 16.1. The lowest BCUT2D eigenvalue weighted by atomic mass is 10.00. The number of nitrogens with zero attached hydrogens (tertiary/aromatic N) is 1. The number of hydrogen-bond donors (Lipinski definition) is 2. The number of aromatic nitrogens is 2. The summed E-state index contributed by atoms with van der Waals surface area (Å²) in [6, 6.07) is 17.0. The Labute approximate surface area is 129 Å². The molecule has 0 amide bonds. The van der Waals surface area contributed by atoms with Gasteiger partial charge in [-0.3, -0.25) is 9.89 Å². The van der Waals surface area contributed by atoms with Crippen molar-refractivity contribution in [3.05, 3.63) is 70.6 Å². The first-order valence-electron chi connectivity index (χ1n) is 7.34. The van der Waals surface area contributed by atoms with Crippen molar-refractivity contribution >= 4 is 5.69 Å². The monoisotopic (exact) mass is 293 g/mol. The van der Waals surface area contributed by atoms with Crippen molar-refractivity contribution in [3.63, 3.8) is 0 Å². The van der Waals surface area contributed by atoms with E-state index >= 15 is 0 Å². The Kier molecular flexibility index (Phi) is 3.59. The summed E-state index contributed by atoms with van der Waals surface area (Å²) in [7, 11) is 0. The number of hydrogen-bond acceptors (Lipinski definition) is 2. The van der Waals surface area contributed by atoms with Crippen LogP contribution in [0, 0.1) is 0 Å². The molecule has 0 atom stereocenters. The van der Waals surface area contributed by atoms with Gasteiger partial charge in [-0.15, -0.1) is 0 Å². The molecule has 3 rings (SSSR count). The first kappa shape index (κ1) is 14.2. The molecule has 2 aromatic carbocycles. The van der Waals surface area contributed by atoms with E-state index in [9.17, 15) is 4.79 Å². The first-order chi connectivity index (χ1) is 10.6. The standard InChI is InChI=1S/C18H19N3O/c1-12(2)17-16(13-8-10-14(19)11-9-13)18(22)21(20-17)15-6-4-3-5-7-15/h3-12,20H,19H2,1-2H3. The molecular weight excluding hydrogens is 274 g/mol. The van der Waals surface area contributed by atoms with Crippen molar-refractivity contribution < 1.29 is 0 Å². The van der Waals surface area contributed by atoms with Gasteiger partial charge < -0.3 is 5.73 Å². The van der Waals surface area contributed by atoms with Crippen molar-refractivity contribution in [3.8, 4) is 16.8 Å². The van der Waals surface area contributed by atoms with Crippen molar-refractivity contribution in [2.75, 3.05) is 5.73 Å². The summed E-state index contributed by atoms with van der Waals surface area (Å²) in [4.78, 5) is 12.9. The van der Waals surface area contributed by atoms with Crippen molar-refractivity contribution in [1.29, 1.82) is 0 Å². The predicted octanol–water partition coefficient (Wildman–Crippen LogP) is 3.54. The van der Waals surface area contributed by atoms with Gasteiger partial charge in [-0.2, -0.15) is 0 Å². The lowest BCUT2D eigenvalue weighted by molar-refractivity contribution is 0.761. The number of benzene rings is 2. The van der Waals surface area contributed by atoms with Crippen LogP contribution < -0.4 is 11.3 Å². The van der Waals surface area contributed by atoms with Gasteiger partial charge in [0.1, 0.15) is 0 Å². The number of H-pyrrole nitrogens is 1. The van der Waals surface area contributed by atoms with Gasteiger partial charge in [0.05, 0.1) is 11.3 Å². The second-order valence-electron chi connectivity index (χ2n) is 5.65. The third-order valence-electron chi connectivity index (χ3n) is 3.71. The molecule has 3 aromatic rings. The molecule has 22 heavy (non-hydrogen) atoms. The maximum atomic E-state index is 12.9. The molecule has 4 nitrogen and oxygen atoms in total. The molecule has 0 aliphatic heterocycles. The lowest BCUT2D eigenvalue weighted by Gasteiger charge is -2.06. The molecule has 0 unspecified atom stereocenters.